The van der Waals surface area contributed by atoms with Crippen LogP contribution in [0.3, 0.4) is 0 Å². The van der Waals surface area contributed by atoms with Gasteiger partial charge in [0.2, 0.25) is 0 Å². The van der Waals surface area contributed by atoms with Crippen LogP contribution in [0.5, 0.6) is 17.2 Å². The molecule has 0 aromatic heterocycles. The Bertz CT molecular complexity index is 411. The highest BCUT2D eigenvalue weighted by molar-refractivity contribution is 5.53. The first-order valence-electron chi connectivity index (χ1n) is 5.18. The Labute approximate surface area is 98.4 Å². The number of hydrogen-bond donors (Lipinski definition) is 1. The van der Waals surface area contributed by atoms with Crippen molar-refractivity contribution in [1.29, 1.82) is 0 Å². The Balaban J connectivity index is 2.44. The molecule has 0 atom stereocenters. The van der Waals surface area contributed by atoms with Crippen molar-refractivity contribution in [3.63, 3.8) is 0 Å². The molecule has 0 unspecified atom stereocenters. The molecular weight excluding hydrogens is 229 g/mol. The molecule has 1 aromatic rings. The van der Waals surface area contributed by atoms with Crippen LogP contribution in [0.25, 0.3) is 0 Å². The van der Waals surface area contributed by atoms with Crippen molar-refractivity contribution in [3.05, 3.63) is 17.4 Å². The number of methoxy groups -OCH3 is 1. The highest BCUT2D eigenvalue weighted by Crippen LogP contribution is 2.40. The molecule has 0 saturated heterocycles. The molecule has 1 heterocycles. The second kappa shape index (κ2) is 5.20. The second-order valence-corrected chi connectivity index (χ2v) is 3.42. The van der Waals surface area contributed by atoms with Gasteiger partial charge in [-0.25, -0.2) is 4.39 Å². The molecule has 0 radical (unpaired) electrons. The number of rotatable bonds is 4. The van der Waals surface area contributed by atoms with Crippen molar-refractivity contribution in [2.75, 3.05) is 27.4 Å². The summed E-state index contributed by atoms with van der Waals surface area (Å²) in [6.45, 7) is 1.02. The summed E-state index contributed by atoms with van der Waals surface area (Å²) in [5.74, 6) is 0.546. The van der Waals surface area contributed by atoms with Crippen LogP contribution >= 0.6 is 0 Å². The van der Waals surface area contributed by atoms with Gasteiger partial charge in [-0.2, -0.15) is 5.48 Å². The summed E-state index contributed by atoms with van der Waals surface area (Å²) in [6, 6.07) is 1.49. The van der Waals surface area contributed by atoms with E-state index in [1.165, 1.54) is 20.3 Å². The van der Waals surface area contributed by atoms with Crippen molar-refractivity contribution >= 4 is 0 Å². The normalized spacial score (nSPS) is 13.6. The molecule has 1 N–H and O–H groups in total. The minimum absolute atomic E-state index is 0.127. The maximum absolute atomic E-state index is 14.0. The molecular formula is C11H14FNO4. The van der Waals surface area contributed by atoms with Gasteiger partial charge in [0, 0.05) is 6.07 Å². The molecule has 0 amide bonds. The zero-order valence-corrected chi connectivity index (χ0v) is 9.71. The molecule has 94 valence electrons. The Morgan fingerprint density at radius 3 is 2.82 bits per heavy atom. The predicted molar refractivity (Wildman–Crippen MR) is 57.8 cm³/mol. The molecule has 17 heavy (non-hydrogen) atoms. The van der Waals surface area contributed by atoms with Gasteiger partial charge < -0.3 is 19.0 Å². The third-order valence-corrected chi connectivity index (χ3v) is 2.44. The van der Waals surface area contributed by atoms with Crippen LogP contribution in [0, 0.1) is 5.82 Å². The van der Waals surface area contributed by atoms with Gasteiger partial charge in [-0.15, -0.1) is 0 Å². The van der Waals surface area contributed by atoms with Crippen molar-refractivity contribution in [1.82, 2.24) is 5.48 Å². The number of fused-ring (bicyclic) bond motifs is 1. The van der Waals surface area contributed by atoms with E-state index in [4.69, 9.17) is 19.0 Å². The number of halogens is 1. The summed E-state index contributed by atoms with van der Waals surface area (Å²) >= 11 is 0. The first kappa shape index (κ1) is 11.9. The first-order chi connectivity index (χ1) is 8.27. The lowest BCUT2D eigenvalue weighted by Crippen LogP contribution is -2.20. The topological polar surface area (TPSA) is 49.0 Å². The predicted octanol–water partition coefficient (Wildman–Crippen LogP) is 1.26. The molecule has 5 nitrogen and oxygen atoms in total. The Kier molecular flexibility index (Phi) is 3.65. The zero-order valence-electron chi connectivity index (χ0n) is 9.71. The lowest BCUT2D eigenvalue weighted by molar-refractivity contribution is 0.0837. The standard InChI is InChI=1S/C11H14FNO4/c1-14-8-5-9-11(17-4-3-16-9)7(10(8)12)6-13-15-2/h5,13H,3-4,6H2,1-2H3. The summed E-state index contributed by atoms with van der Waals surface area (Å²) < 4.78 is 29.8. The molecule has 0 bridgehead atoms. The Hall–Kier alpha value is -1.53. The van der Waals surface area contributed by atoms with Gasteiger partial charge >= 0.3 is 0 Å². The zero-order chi connectivity index (χ0) is 12.3. The van der Waals surface area contributed by atoms with E-state index in [1.54, 1.807) is 0 Å². The molecule has 1 aliphatic rings. The van der Waals surface area contributed by atoms with Crippen molar-refractivity contribution in [3.8, 4) is 17.2 Å². The molecule has 6 heteroatoms. The van der Waals surface area contributed by atoms with E-state index in [-0.39, 0.29) is 12.3 Å². The Morgan fingerprint density at radius 1 is 1.35 bits per heavy atom. The number of nitrogens with one attached hydrogen (secondary N) is 1. The Morgan fingerprint density at radius 2 is 2.12 bits per heavy atom. The van der Waals surface area contributed by atoms with Crippen LogP contribution in [-0.4, -0.2) is 27.4 Å². The lowest BCUT2D eigenvalue weighted by Gasteiger charge is -2.22. The van der Waals surface area contributed by atoms with Crippen LogP contribution in [0.4, 0.5) is 4.39 Å². The summed E-state index contributed by atoms with van der Waals surface area (Å²) in [7, 11) is 2.86. The van der Waals surface area contributed by atoms with Crippen molar-refractivity contribution < 1.29 is 23.4 Å². The van der Waals surface area contributed by atoms with Crippen LogP contribution < -0.4 is 19.7 Å². The molecule has 2 rings (SSSR count). The maximum Gasteiger partial charge on any atom is 0.173 e. The third kappa shape index (κ3) is 2.27. The first-order valence-corrected chi connectivity index (χ1v) is 5.18. The van der Waals surface area contributed by atoms with Crippen LogP contribution in [-0.2, 0) is 11.4 Å². The number of hydrogen-bond acceptors (Lipinski definition) is 5. The fraction of sp³-hybridized carbons (Fsp3) is 0.455. The molecule has 0 saturated carbocycles. The smallest absolute Gasteiger partial charge is 0.173 e. The second-order valence-electron chi connectivity index (χ2n) is 3.42. The van der Waals surface area contributed by atoms with E-state index in [1.807, 2.05) is 0 Å². The van der Waals surface area contributed by atoms with E-state index in [2.05, 4.69) is 5.48 Å². The van der Waals surface area contributed by atoms with Crippen molar-refractivity contribution in [2.24, 2.45) is 0 Å². The van der Waals surface area contributed by atoms with Gasteiger partial charge in [-0.05, 0) is 0 Å². The monoisotopic (exact) mass is 243 g/mol. The molecule has 0 spiro atoms. The number of hydroxylamine groups is 1. The number of benzene rings is 1. The van der Waals surface area contributed by atoms with Gasteiger partial charge in [-0.1, -0.05) is 0 Å². The summed E-state index contributed by atoms with van der Waals surface area (Å²) in [5, 5.41) is 0. The molecule has 1 aromatic carbocycles. The molecule has 1 aliphatic heterocycles. The van der Waals surface area contributed by atoms with Gasteiger partial charge in [0.05, 0.1) is 26.3 Å². The fourth-order valence-corrected chi connectivity index (χ4v) is 1.66. The minimum atomic E-state index is -0.471. The number of ether oxygens (including phenoxy) is 3. The average molecular weight is 243 g/mol. The molecule has 0 aliphatic carbocycles. The summed E-state index contributed by atoms with van der Waals surface area (Å²) in [4.78, 5) is 4.71. The van der Waals surface area contributed by atoms with Gasteiger partial charge in [0.25, 0.3) is 0 Å². The van der Waals surface area contributed by atoms with Crippen LogP contribution in [0.1, 0.15) is 5.56 Å². The highest BCUT2D eigenvalue weighted by Gasteiger charge is 2.23. The van der Waals surface area contributed by atoms with Gasteiger partial charge in [0.15, 0.2) is 23.1 Å². The van der Waals surface area contributed by atoms with E-state index in [0.29, 0.717) is 30.3 Å². The third-order valence-electron chi connectivity index (χ3n) is 2.44. The van der Waals surface area contributed by atoms with Gasteiger partial charge in [-0.3, -0.25) is 0 Å². The van der Waals surface area contributed by atoms with E-state index >= 15 is 0 Å². The minimum Gasteiger partial charge on any atom is -0.494 e. The van der Waals surface area contributed by atoms with E-state index in [0.717, 1.165) is 0 Å². The quantitative estimate of drug-likeness (QED) is 0.807. The van der Waals surface area contributed by atoms with E-state index in [9.17, 15) is 4.39 Å². The van der Waals surface area contributed by atoms with Crippen molar-refractivity contribution in [2.45, 2.75) is 6.54 Å². The van der Waals surface area contributed by atoms with Crippen LogP contribution in [0.2, 0.25) is 0 Å². The fourth-order valence-electron chi connectivity index (χ4n) is 1.66. The lowest BCUT2D eigenvalue weighted by atomic mass is 10.1. The SMILES string of the molecule is CONCc1c(F)c(OC)cc2c1OCCO2. The average Bonchev–Trinajstić information content (AvgIpc) is 2.37. The highest BCUT2D eigenvalue weighted by atomic mass is 19.1. The largest absolute Gasteiger partial charge is 0.494 e. The maximum atomic E-state index is 14.0. The van der Waals surface area contributed by atoms with Gasteiger partial charge in [0.1, 0.15) is 13.2 Å². The summed E-state index contributed by atoms with van der Waals surface area (Å²) in [5.41, 5.74) is 2.91. The molecule has 0 fully saturated rings. The summed E-state index contributed by atoms with van der Waals surface area (Å²) in [6.07, 6.45) is 0. The van der Waals surface area contributed by atoms with E-state index < -0.39 is 5.82 Å². The van der Waals surface area contributed by atoms with Crippen LogP contribution in [0.15, 0.2) is 6.07 Å².